The quantitative estimate of drug-likeness (QED) is 0.765. The number of likely N-dealkylation sites (tertiary alicyclic amines) is 1. The number of aliphatic hydroxyl groups is 1. The molecule has 118 valence electrons. The molecular formula is C17H28N2O2. The molecule has 0 aromatic heterocycles. The third-order valence-corrected chi connectivity index (χ3v) is 3.73. The molecule has 1 heterocycles. The summed E-state index contributed by atoms with van der Waals surface area (Å²) in [5, 5.41) is 12.7. The van der Waals surface area contributed by atoms with Gasteiger partial charge in [0, 0.05) is 13.1 Å². The number of rotatable bonds is 5. The maximum absolute atomic E-state index is 12.3. The number of carbonyl (C=O) groups is 1. The minimum absolute atomic E-state index is 0.0507. The second kappa shape index (κ2) is 8.67. The van der Waals surface area contributed by atoms with Gasteiger partial charge in [-0.1, -0.05) is 37.3 Å². The van der Waals surface area contributed by atoms with Crippen LogP contribution in [0, 0.1) is 0 Å². The predicted octanol–water partition coefficient (Wildman–Crippen LogP) is 3.01. The summed E-state index contributed by atoms with van der Waals surface area (Å²) in [6.45, 7) is 11.1. The van der Waals surface area contributed by atoms with Gasteiger partial charge < -0.3 is 15.3 Å². The largest absolute Gasteiger partial charge is 0.391 e. The molecule has 2 atom stereocenters. The molecule has 1 saturated heterocycles. The summed E-state index contributed by atoms with van der Waals surface area (Å²) < 4.78 is 0. The normalized spacial score (nSPS) is 21.4. The van der Waals surface area contributed by atoms with Crippen LogP contribution < -0.4 is 5.32 Å². The average molecular weight is 292 g/mol. The van der Waals surface area contributed by atoms with Crippen LogP contribution in [0.15, 0.2) is 36.0 Å². The number of urea groups is 1. The third-order valence-electron chi connectivity index (χ3n) is 3.73. The van der Waals surface area contributed by atoms with Gasteiger partial charge in [-0.15, -0.1) is 0 Å². The molecule has 0 spiro atoms. The first kappa shape index (κ1) is 17.5. The highest BCUT2D eigenvalue weighted by Gasteiger charge is 2.24. The molecule has 0 bridgehead atoms. The van der Waals surface area contributed by atoms with E-state index in [1.165, 1.54) is 0 Å². The number of aliphatic hydroxyl groups excluding tert-OH is 1. The molecule has 2 unspecified atom stereocenters. The molecule has 1 aliphatic heterocycles. The predicted molar refractivity (Wildman–Crippen MR) is 87.1 cm³/mol. The van der Waals surface area contributed by atoms with E-state index in [0.29, 0.717) is 13.1 Å². The zero-order valence-corrected chi connectivity index (χ0v) is 13.4. The Morgan fingerprint density at radius 1 is 1.57 bits per heavy atom. The van der Waals surface area contributed by atoms with Crippen LogP contribution in [0.25, 0.3) is 0 Å². The molecule has 0 saturated carbocycles. The first-order valence-electron chi connectivity index (χ1n) is 7.71. The van der Waals surface area contributed by atoms with Gasteiger partial charge in [-0.2, -0.15) is 0 Å². The maximum atomic E-state index is 12.3. The lowest BCUT2D eigenvalue weighted by Crippen LogP contribution is -2.50. The van der Waals surface area contributed by atoms with Gasteiger partial charge in [0.15, 0.2) is 0 Å². The summed E-state index contributed by atoms with van der Waals surface area (Å²) in [5.41, 5.74) is 2.00. The number of piperidine rings is 1. The number of nitrogens with zero attached hydrogens (tertiary/aromatic N) is 1. The van der Waals surface area contributed by atoms with Crippen LogP contribution >= 0.6 is 0 Å². The van der Waals surface area contributed by atoms with Crippen LogP contribution in [0.3, 0.4) is 0 Å². The van der Waals surface area contributed by atoms with Gasteiger partial charge >= 0.3 is 6.03 Å². The third kappa shape index (κ3) is 5.38. The summed E-state index contributed by atoms with van der Waals surface area (Å²) in [5.74, 6) is 0. The number of β-amino-alcohol motifs (C(OH)–C–C–N with tert-alkyl or cyclic N) is 1. The number of carbonyl (C=O) groups excluding carboxylic acids is 1. The van der Waals surface area contributed by atoms with E-state index in [1.807, 2.05) is 39.0 Å². The van der Waals surface area contributed by atoms with Crippen molar-refractivity contribution < 1.29 is 9.90 Å². The van der Waals surface area contributed by atoms with Crippen LogP contribution in [-0.2, 0) is 0 Å². The van der Waals surface area contributed by atoms with E-state index in [-0.39, 0.29) is 12.1 Å². The number of amides is 2. The Hall–Kier alpha value is -1.55. The van der Waals surface area contributed by atoms with Crippen molar-refractivity contribution in [3.8, 4) is 0 Å². The van der Waals surface area contributed by atoms with Crippen molar-refractivity contribution in [2.75, 3.05) is 13.1 Å². The Balaban J connectivity index is 2.75. The molecule has 1 aliphatic rings. The Morgan fingerprint density at radius 2 is 2.29 bits per heavy atom. The molecule has 4 heteroatoms. The van der Waals surface area contributed by atoms with Gasteiger partial charge in [-0.3, -0.25) is 0 Å². The fraction of sp³-hybridized carbons (Fsp3) is 0.588. The van der Waals surface area contributed by atoms with Crippen molar-refractivity contribution in [1.82, 2.24) is 10.2 Å². The fourth-order valence-corrected chi connectivity index (χ4v) is 2.53. The molecule has 2 amide bonds. The molecule has 1 fully saturated rings. The van der Waals surface area contributed by atoms with Crippen molar-refractivity contribution in [3.05, 3.63) is 36.0 Å². The zero-order chi connectivity index (χ0) is 15.8. The first-order chi connectivity index (χ1) is 9.99. The van der Waals surface area contributed by atoms with E-state index in [2.05, 4.69) is 11.9 Å². The Labute approximate surface area is 128 Å². The SMILES string of the molecule is C=C(C)C(=CC=CC)C(CC)NC(=O)N1CCCC(O)C1. The lowest BCUT2D eigenvalue weighted by Gasteiger charge is -2.32. The minimum Gasteiger partial charge on any atom is -0.391 e. The summed E-state index contributed by atoms with van der Waals surface area (Å²) in [7, 11) is 0. The lowest BCUT2D eigenvalue weighted by atomic mass is 9.98. The van der Waals surface area contributed by atoms with Crippen LogP contribution in [-0.4, -0.2) is 41.3 Å². The number of hydrogen-bond acceptors (Lipinski definition) is 2. The number of nitrogens with one attached hydrogen (secondary N) is 1. The van der Waals surface area contributed by atoms with Gasteiger partial charge in [0.2, 0.25) is 0 Å². The van der Waals surface area contributed by atoms with E-state index in [4.69, 9.17) is 0 Å². The smallest absolute Gasteiger partial charge is 0.317 e. The molecule has 4 nitrogen and oxygen atoms in total. The van der Waals surface area contributed by atoms with Crippen LogP contribution in [0.4, 0.5) is 4.79 Å². The number of allylic oxidation sites excluding steroid dienone is 3. The van der Waals surface area contributed by atoms with Crippen molar-refractivity contribution in [2.24, 2.45) is 0 Å². The van der Waals surface area contributed by atoms with E-state index in [0.717, 1.165) is 30.4 Å². The Bertz CT molecular complexity index is 427. The second-order valence-corrected chi connectivity index (χ2v) is 5.58. The highest BCUT2D eigenvalue weighted by Crippen LogP contribution is 2.17. The highest BCUT2D eigenvalue weighted by molar-refractivity contribution is 5.75. The molecular weight excluding hydrogens is 264 g/mol. The Kier molecular flexibility index (Phi) is 7.23. The molecule has 1 rings (SSSR count). The van der Waals surface area contributed by atoms with Crippen molar-refractivity contribution in [2.45, 2.75) is 52.2 Å². The topological polar surface area (TPSA) is 52.6 Å². The second-order valence-electron chi connectivity index (χ2n) is 5.58. The zero-order valence-electron chi connectivity index (χ0n) is 13.4. The standard InChI is InChI=1S/C17H28N2O2/c1-5-7-10-15(13(3)4)16(6-2)18-17(21)19-11-8-9-14(20)12-19/h5,7,10,14,16,20H,3,6,8-9,11-12H2,1-2,4H3,(H,18,21). The van der Waals surface area contributed by atoms with Crippen molar-refractivity contribution in [1.29, 1.82) is 0 Å². The molecule has 0 aromatic rings. The van der Waals surface area contributed by atoms with Gasteiger partial charge in [0.05, 0.1) is 12.1 Å². The average Bonchev–Trinajstić information content (AvgIpc) is 2.45. The summed E-state index contributed by atoms with van der Waals surface area (Å²) in [6, 6.07) is -0.154. The summed E-state index contributed by atoms with van der Waals surface area (Å²) in [4.78, 5) is 14.0. The van der Waals surface area contributed by atoms with E-state index in [9.17, 15) is 9.90 Å². The van der Waals surface area contributed by atoms with Crippen LogP contribution in [0.5, 0.6) is 0 Å². The van der Waals surface area contributed by atoms with Gasteiger partial charge in [0.25, 0.3) is 0 Å². The highest BCUT2D eigenvalue weighted by atomic mass is 16.3. The number of hydrogen-bond donors (Lipinski definition) is 2. The van der Waals surface area contributed by atoms with Crippen molar-refractivity contribution >= 4 is 6.03 Å². The Morgan fingerprint density at radius 3 is 2.81 bits per heavy atom. The minimum atomic E-state index is -0.399. The molecule has 0 aromatic carbocycles. The van der Waals surface area contributed by atoms with Crippen LogP contribution in [0.2, 0.25) is 0 Å². The summed E-state index contributed by atoms with van der Waals surface area (Å²) >= 11 is 0. The molecule has 0 aliphatic carbocycles. The van der Waals surface area contributed by atoms with Gasteiger partial charge in [-0.05, 0) is 38.7 Å². The van der Waals surface area contributed by atoms with Gasteiger partial charge in [0.1, 0.15) is 0 Å². The summed E-state index contributed by atoms with van der Waals surface area (Å²) in [6.07, 6.45) is 7.96. The van der Waals surface area contributed by atoms with E-state index < -0.39 is 6.10 Å². The van der Waals surface area contributed by atoms with Gasteiger partial charge in [-0.25, -0.2) is 4.79 Å². The molecule has 0 radical (unpaired) electrons. The van der Waals surface area contributed by atoms with Crippen molar-refractivity contribution in [3.63, 3.8) is 0 Å². The maximum Gasteiger partial charge on any atom is 0.317 e. The van der Waals surface area contributed by atoms with E-state index in [1.54, 1.807) is 4.90 Å². The van der Waals surface area contributed by atoms with Crippen LogP contribution in [0.1, 0.15) is 40.0 Å². The first-order valence-corrected chi connectivity index (χ1v) is 7.71. The molecule has 21 heavy (non-hydrogen) atoms. The van der Waals surface area contributed by atoms with E-state index >= 15 is 0 Å². The fourth-order valence-electron chi connectivity index (χ4n) is 2.53. The monoisotopic (exact) mass is 292 g/mol. The lowest BCUT2D eigenvalue weighted by molar-refractivity contribution is 0.0836. The molecule has 2 N–H and O–H groups in total.